The SMILES string of the molecule is CN1CCC(Nc2ncnc3[nH]cc(C(=O)c4ccc(Oc5ccccc5)cc4Cl)c23)CC1.CN1Cc2cc(N3CCN(CCCCCC=O)CC3)ccc2C1=O.CNC(=O)CCCC=O. The van der Waals surface area contributed by atoms with E-state index in [0.29, 0.717) is 76.2 Å². The number of carbonyl (C=O) groups excluding carboxylic acids is 5. The quantitative estimate of drug-likeness (QED) is 0.0480. The number of aromatic nitrogens is 3. The average molecular weight is 921 g/mol. The normalized spacial score (nSPS) is 15.2. The predicted octanol–water partition coefficient (Wildman–Crippen LogP) is 7.40. The lowest BCUT2D eigenvalue weighted by Gasteiger charge is -2.36. The highest BCUT2D eigenvalue weighted by Gasteiger charge is 2.27. The number of carbonyl (C=O) groups is 5. The number of benzene rings is 3. The highest BCUT2D eigenvalue weighted by molar-refractivity contribution is 6.35. The summed E-state index contributed by atoms with van der Waals surface area (Å²) >= 11 is 6.51. The summed E-state index contributed by atoms with van der Waals surface area (Å²) in [7, 11) is 5.57. The molecule has 66 heavy (non-hydrogen) atoms. The first-order chi connectivity index (χ1) is 32.1. The molecule has 0 unspecified atom stereocenters. The van der Waals surface area contributed by atoms with Crippen LogP contribution in [-0.2, 0) is 20.9 Å². The van der Waals surface area contributed by atoms with Crippen molar-refractivity contribution in [2.75, 3.05) is 77.2 Å². The Balaban J connectivity index is 0.000000191. The van der Waals surface area contributed by atoms with Gasteiger partial charge in [0.2, 0.25) is 5.91 Å². The lowest BCUT2D eigenvalue weighted by Crippen LogP contribution is -2.46. The van der Waals surface area contributed by atoms with E-state index in [1.165, 1.54) is 18.4 Å². The van der Waals surface area contributed by atoms with E-state index in [4.69, 9.17) is 16.3 Å². The van der Waals surface area contributed by atoms with Gasteiger partial charge in [0.1, 0.15) is 41.9 Å². The number of likely N-dealkylation sites (tertiary alicyclic amines) is 1. The number of ether oxygens (including phenoxy) is 1. The number of amides is 2. The zero-order chi connectivity index (χ0) is 46.8. The second-order valence-electron chi connectivity index (χ2n) is 16.8. The monoisotopic (exact) mass is 919 g/mol. The third-order valence-corrected chi connectivity index (χ3v) is 12.4. The summed E-state index contributed by atoms with van der Waals surface area (Å²) in [6, 6.07) is 21.1. The number of nitrogens with one attached hydrogen (secondary N) is 3. The minimum atomic E-state index is -0.196. The molecule has 0 saturated carbocycles. The Hall–Kier alpha value is -6.16. The van der Waals surface area contributed by atoms with Gasteiger partial charge in [0.15, 0.2) is 5.78 Å². The lowest BCUT2D eigenvalue weighted by molar-refractivity contribution is -0.120. The Labute approximate surface area is 392 Å². The predicted molar refractivity (Wildman–Crippen MR) is 259 cm³/mol. The smallest absolute Gasteiger partial charge is 0.254 e. The molecule has 2 saturated heterocycles. The second kappa shape index (κ2) is 24.9. The molecule has 0 atom stereocenters. The topological polar surface area (TPSA) is 173 Å². The van der Waals surface area contributed by atoms with Crippen LogP contribution in [0.4, 0.5) is 11.5 Å². The van der Waals surface area contributed by atoms with Crippen molar-refractivity contribution in [2.24, 2.45) is 0 Å². The summed E-state index contributed by atoms with van der Waals surface area (Å²) in [5.41, 5.74) is 4.74. The van der Waals surface area contributed by atoms with Crippen LogP contribution in [0, 0.1) is 0 Å². The maximum Gasteiger partial charge on any atom is 0.254 e. The van der Waals surface area contributed by atoms with Crippen LogP contribution in [0.2, 0.25) is 5.02 Å². The molecule has 0 spiro atoms. The summed E-state index contributed by atoms with van der Waals surface area (Å²) in [6.07, 6.45) is 12.7. The summed E-state index contributed by atoms with van der Waals surface area (Å²) < 4.78 is 5.83. The van der Waals surface area contributed by atoms with Crippen LogP contribution in [0.15, 0.2) is 79.3 Å². The first kappa shape index (κ1) is 49.3. The second-order valence-corrected chi connectivity index (χ2v) is 17.2. The number of piperidine rings is 1. The summed E-state index contributed by atoms with van der Waals surface area (Å²) in [6.45, 7) is 8.16. The molecule has 16 heteroatoms. The van der Waals surface area contributed by atoms with E-state index in [0.717, 1.165) is 102 Å². The molecule has 0 radical (unpaired) electrons. The molecule has 0 aliphatic carbocycles. The number of anilines is 2. The zero-order valence-electron chi connectivity index (χ0n) is 38.3. The van der Waals surface area contributed by atoms with E-state index in [1.807, 2.05) is 43.4 Å². The van der Waals surface area contributed by atoms with Crippen molar-refractivity contribution in [3.05, 3.63) is 107 Å². The number of hydrogen-bond donors (Lipinski definition) is 3. The van der Waals surface area contributed by atoms with Gasteiger partial charge in [-0.25, -0.2) is 9.97 Å². The molecule has 350 valence electrons. The minimum Gasteiger partial charge on any atom is -0.457 e. The number of halogens is 1. The van der Waals surface area contributed by atoms with Crippen molar-refractivity contribution >= 4 is 64.3 Å². The van der Waals surface area contributed by atoms with Crippen LogP contribution >= 0.6 is 11.6 Å². The van der Waals surface area contributed by atoms with Crippen LogP contribution in [-0.4, -0.2) is 133 Å². The van der Waals surface area contributed by atoms with Crippen LogP contribution in [0.3, 0.4) is 0 Å². The largest absolute Gasteiger partial charge is 0.457 e. The first-order valence-electron chi connectivity index (χ1n) is 22.9. The van der Waals surface area contributed by atoms with Crippen molar-refractivity contribution in [2.45, 2.75) is 70.4 Å². The van der Waals surface area contributed by atoms with E-state index < -0.39 is 0 Å². The van der Waals surface area contributed by atoms with Crippen molar-refractivity contribution in [1.82, 2.24) is 35.0 Å². The van der Waals surface area contributed by atoms with E-state index >= 15 is 0 Å². The maximum absolute atomic E-state index is 13.5. The van der Waals surface area contributed by atoms with Crippen molar-refractivity contribution in [3.8, 4) is 11.5 Å². The molecule has 3 aliphatic rings. The number of rotatable bonds is 17. The Morgan fingerprint density at radius 2 is 1.59 bits per heavy atom. The number of H-pyrrole nitrogens is 1. The summed E-state index contributed by atoms with van der Waals surface area (Å²) in [5.74, 6) is 1.87. The average Bonchev–Trinajstić information content (AvgIpc) is 3.90. The molecule has 2 aromatic heterocycles. The molecule has 8 rings (SSSR count). The van der Waals surface area contributed by atoms with Crippen molar-refractivity contribution in [3.63, 3.8) is 0 Å². The van der Waals surface area contributed by atoms with Crippen LogP contribution in [0.5, 0.6) is 11.5 Å². The molecule has 3 N–H and O–H groups in total. The van der Waals surface area contributed by atoms with Gasteiger partial charge in [0.25, 0.3) is 5.91 Å². The Morgan fingerprint density at radius 3 is 2.30 bits per heavy atom. The van der Waals surface area contributed by atoms with Gasteiger partial charge in [-0.1, -0.05) is 36.2 Å². The maximum atomic E-state index is 13.5. The summed E-state index contributed by atoms with van der Waals surface area (Å²) in [4.78, 5) is 76.8. The lowest BCUT2D eigenvalue weighted by atomic mass is 10.0. The first-order valence-corrected chi connectivity index (χ1v) is 23.2. The standard InChI is InChI=1S/C25H24ClN5O2.C19H27N3O2.C6H11NO2/c1-31-11-9-16(10-12-31)30-25-22-20(14-27-24(22)28-15-29-25)23(32)19-8-7-18(13-21(19)26)33-17-5-3-2-4-6-17;1-20-15-16-14-17(6-7-18(16)19(20)24)22-11-9-21(10-12-22)8-4-2-3-5-13-23;1-7-6(9)4-2-3-5-8/h2-8,13-16H,9-12H2,1H3,(H2,27,28,29,30);6-7,13-14H,2-5,8-12,15H2,1H3;5H,2-4H2,1H3,(H,7,9). The number of aromatic amines is 1. The number of fused-ring (bicyclic) bond motifs is 2. The van der Waals surface area contributed by atoms with Crippen molar-refractivity contribution in [1.29, 1.82) is 0 Å². The summed E-state index contributed by atoms with van der Waals surface area (Å²) in [5, 5.41) is 7.00. The highest BCUT2D eigenvalue weighted by atomic mass is 35.5. The van der Waals surface area contributed by atoms with Gasteiger partial charge in [-0.2, -0.15) is 0 Å². The fourth-order valence-electron chi connectivity index (χ4n) is 8.20. The number of ketones is 1. The Kier molecular flexibility index (Phi) is 18.6. The number of nitrogens with zero attached hydrogens (tertiary/aromatic N) is 6. The van der Waals surface area contributed by atoms with Gasteiger partial charge in [-0.05, 0) is 107 Å². The number of piperazine rings is 1. The molecule has 3 aromatic carbocycles. The molecule has 15 nitrogen and oxygen atoms in total. The molecular formula is C50H62ClN9O6. The molecule has 0 bridgehead atoms. The van der Waals surface area contributed by atoms with Gasteiger partial charge in [0.05, 0.1) is 16.0 Å². The third-order valence-electron chi connectivity index (χ3n) is 12.0. The minimum absolute atomic E-state index is 0.00292. The zero-order valence-corrected chi connectivity index (χ0v) is 39.0. The van der Waals surface area contributed by atoms with Crippen LogP contribution in [0.25, 0.3) is 11.0 Å². The third kappa shape index (κ3) is 13.7. The van der Waals surface area contributed by atoms with E-state index in [2.05, 4.69) is 59.5 Å². The van der Waals surface area contributed by atoms with Gasteiger partial charge in [0, 0.05) is 101 Å². The molecule has 5 heterocycles. The van der Waals surface area contributed by atoms with Gasteiger partial charge >= 0.3 is 0 Å². The van der Waals surface area contributed by atoms with Gasteiger partial charge in [-0.3, -0.25) is 19.3 Å². The van der Waals surface area contributed by atoms with E-state index in [9.17, 15) is 24.0 Å². The van der Waals surface area contributed by atoms with E-state index in [1.54, 1.807) is 36.3 Å². The molecule has 5 aromatic rings. The fraction of sp³-hybridized carbons (Fsp3) is 0.420. The number of unbranched alkanes of at least 4 members (excludes halogenated alkanes) is 4. The van der Waals surface area contributed by atoms with Crippen molar-refractivity contribution < 1.29 is 28.7 Å². The number of aldehydes is 2. The molecule has 3 aliphatic heterocycles. The van der Waals surface area contributed by atoms with Gasteiger partial charge < -0.3 is 44.6 Å². The molecule has 2 fully saturated rings. The van der Waals surface area contributed by atoms with E-state index in [-0.39, 0.29) is 17.6 Å². The number of para-hydroxylation sites is 1. The Bertz CT molecular complexity index is 2400. The molecule has 2 amide bonds. The highest BCUT2D eigenvalue weighted by Crippen LogP contribution is 2.32. The molecular weight excluding hydrogens is 858 g/mol. The Morgan fingerprint density at radius 1 is 0.848 bits per heavy atom. The fourth-order valence-corrected chi connectivity index (χ4v) is 8.46. The number of hydrogen-bond acceptors (Lipinski definition) is 12. The van der Waals surface area contributed by atoms with Crippen LogP contribution < -0.4 is 20.3 Å². The van der Waals surface area contributed by atoms with Crippen LogP contribution in [0.1, 0.15) is 89.6 Å². The van der Waals surface area contributed by atoms with Gasteiger partial charge in [-0.15, -0.1) is 0 Å².